The predicted octanol–water partition coefficient (Wildman–Crippen LogP) is 5.73. The molecule has 0 radical (unpaired) electrons. The largest absolute Gasteiger partial charge is 0.487 e. The summed E-state index contributed by atoms with van der Waals surface area (Å²) in [5.41, 5.74) is 2.94. The van der Waals surface area contributed by atoms with Crippen LogP contribution < -0.4 is 19.6 Å². The molecule has 0 aliphatic carbocycles. The van der Waals surface area contributed by atoms with Crippen LogP contribution in [0.2, 0.25) is 0 Å². The molecular formula is C30H23FI2N2O4S. The van der Waals surface area contributed by atoms with Crippen LogP contribution in [0.15, 0.2) is 87.8 Å². The molecule has 0 unspecified atom stereocenters. The number of ether oxygens (including phenoxy) is 2. The van der Waals surface area contributed by atoms with E-state index in [4.69, 9.17) is 9.47 Å². The lowest BCUT2D eigenvalue weighted by Gasteiger charge is -2.24. The number of fused-ring (bicyclic) bond motifs is 1. The number of nitrogens with zero attached hydrogens (tertiary/aromatic N) is 2. The van der Waals surface area contributed by atoms with E-state index in [0.29, 0.717) is 27.2 Å². The molecule has 1 atom stereocenters. The van der Waals surface area contributed by atoms with E-state index in [9.17, 15) is 14.0 Å². The van der Waals surface area contributed by atoms with Crippen molar-refractivity contribution in [1.82, 2.24) is 4.57 Å². The van der Waals surface area contributed by atoms with Gasteiger partial charge in [-0.3, -0.25) is 9.36 Å². The summed E-state index contributed by atoms with van der Waals surface area (Å²) in [7, 11) is 0. The number of hydrogen-bond donors (Lipinski definition) is 0. The summed E-state index contributed by atoms with van der Waals surface area (Å²) in [6, 6.07) is 18.9. The average molecular weight is 780 g/mol. The van der Waals surface area contributed by atoms with Crippen LogP contribution >= 0.6 is 56.5 Å². The van der Waals surface area contributed by atoms with Crippen LogP contribution in [-0.4, -0.2) is 17.1 Å². The van der Waals surface area contributed by atoms with E-state index in [2.05, 4.69) is 50.2 Å². The second-order valence-corrected chi connectivity index (χ2v) is 12.3. The van der Waals surface area contributed by atoms with E-state index < -0.39 is 17.8 Å². The zero-order chi connectivity index (χ0) is 28.4. The van der Waals surface area contributed by atoms with E-state index in [-0.39, 0.29) is 17.7 Å². The van der Waals surface area contributed by atoms with Gasteiger partial charge in [-0.1, -0.05) is 53.8 Å². The van der Waals surface area contributed by atoms with Gasteiger partial charge in [-0.05, 0) is 106 Å². The van der Waals surface area contributed by atoms with Crippen molar-refractivity contribution in [3.8, 4) is 5.75 Å². The van der Waals surface area contributed by atoms with Crippen LogP contribution in [0.3, 0.4) is 0 Å². The molecule has 5 rings (SSSR count). The first-order valence-corrected chi connectivity index (χ1v) is 15.3. The molecule has 0 amide bonds. The topological polar surface area (TPSA) is 69.9 Å². The van der Waals surface area contributed by atoms with Gasteiger partial charge >= 0.3 is 5.97 Å². The lowest BCUT2D eigenvalue weighted by Crippen LogP contribution is -2.39. The molecule has 0 saturated heterocycles. The van der Waals surface area contributed by atoms with Gasteiger partial charge in [0.25, 0.3) is 5.56 Å². The van der Waals surface area contributed by atoms with Gasteiger partial charge in [0.05, 0.1) is 35.6 Å². The zero-order valence-corrected chi connectivity index (χ0v) is 26.6. The number of carbonyl (C=O) groups is 1. The van der Waals surface area contributed by atoms with E-state index in [1.807, 2.05) is 48.5 Å². The maximum Gasteiger partial charge on any atom is 0.338 e. The molecule has 0 N–H and O–H groups in total. The number of thiazole rings is 1. The van der Waals surface area contributed by atoms with Crippen molar-refractivity contribution in [2.45, 2.75) is 26.5 Å². The Morgan fingerprint density at radius 1 is 1.10 bits per heavy atom. The van der Waals surface area contributed by atoms with Gasteiger partial charge in [0, 0.05) is 0 Å². The summed E-state index contributed by atoms with van der Waals surface area (Å²) in [5, 5.41) is 0. The molecule has 204 valence electrons. The lowest BCUT2D eigenvalue weighted by molar-refractivity contribution is -0.139. The quantitative estimate of drug-likeness (QED) is 0.178. The summed E-state index contributed by atoms with van der Waals surface area (Å²) in [5.74, 6) is -0.174. The fourth-order valence-corrected chi connectivity index (χ4v) is 7.61. The molecule has 3 aromatic carbocycles. The molecule has 1 aliphatic rings. The molecule has 0 saturated carbocycles. The number of esters is 1. The minimum absolute atomic E-state index is 0.179. The zero-order valence-electron chi connectivity index (χ0n) is 21.5. The summed E-state index contributed by atoms with van der Waals surface area (Å²) in [4.78, 5) is 31.8. The summed E-state index contributed by atoms with van der Waals surface area (Å²) < 4.78 is 29.0. The number of rotatable bonds is 7. The van der Waals surface area contributed by atoms with Crippen molar-refractivity contribution >= 4 is 68.6 Å². The number of carbonyl (C=O) groups excluding carboxylic acids is 1. The van der Waals surface area contributed by atoms with E-state index in [0.717, 1.165) is 24.0 Å². The Hall–Kier alpha value is -2.84. The van der Waals surface area contributed by atoms with Gasteiger partial charge < -0.3 is 9.47 Å². The standard InChI is InChI=1S/C30H23FI2N2O4S/c1-3-38-29(37)25-17(2)34-30-35(26(25)20-9-11-21(31)12-10-20)28(36)24(40-30)15-19-13-22(32)27(23(33)14-19)39-16-18-7-5-4-6-8-18/h4-15,26H,3,16H2,1-2H3/b24-15-/t26-/m0/s1. The number of halogens is 3. The Balaban J connectivity index is 1.56. The van der Waals surface area contributed by atoms with E-state index >= 15 is 0 Å². The minimum Gasteiger partial charge on any atom is -0.487 e. The van der Waals surface area contributed by atoms with Gasteiger partial charge in [0.1, 0.15) is 18.2 Å². The molecule has 1 aliphatic heterocycles. The maximum atomic E-state index is 13.8. The van der Waals surface area contributed by atoms with Crippen molar-refractivity contribution in [1.29, 1.82) is 0 Å². The van der Waals surface area contributed by atoms with Crippen LogP contribution in [-0.2, 0) is 16.1 Å². The molecule has 0 bridgehead atoms. The van der Waals surface area contributed by atoms with Gasteiger partial charge in [0.15, 0.2) is 4.80 Å². The van der Waals surface area contributed by atoms with E-state index in [1.165, 1.54) is 28.0 Å². The maximum absolute atomic E-state index is 13.8. The van der Waals surface area contributed by atoms with Crippen molar-refractivity contribution in [3.05, 3.63) is 127 Å². The van der Waals surface area contributed by atoms with Gasteiger partial charge in [0.2, 0.25) is 0 Å². The lowest BCUT2D eigenvalue weighted by atomic mass is 9.96. The average Bonchev–Trinajstić information content (AvgIpc) is 3.22. The predicted molar refractivity (Wildman–Crippen MR) is 169 cm³/mol. The smallest absolute Gasteiger partial charge is 0.338 e. The first kappa shape index (κ1) is 28.7. The molecular weight excluding hydrogens is 757 g/mol. The Morgan fingerprint density at radius 3 is 2.42 bits per heavy atom. The Morgan fingerprint density at radius 2 is 1.77 bits per heavy atom. The highest BCUT2D eigenvalue weighted by atomic mass is 127. The van der Waals surface area contributed by atoms with Crippen molar-refractivity contribution < 1.29 is 18.7 Å². The van der Waals surface area contributed by atoms with Gasteiger partial charge in [-0.15, -0.1) is 0 Å². The molecule has 6 nitrogen and oxygen atoms in total. The van der Waals surface area contributed by atoms with Crippen LogP contribution in [0.1, 0.15) is 36.6 Å². The number of aromatic nitrogens is 1. The fraction of sp³-hybridized carbons (Fsp3) is 0.167. The third-order valence-corrected chi connectivity index (χ3v) is 8.83. The highest BCUT2D eigenvalue weighted by molar-refractivity contribution is 14.1. The van der Waals surface area contributed by atoms with Crippen LogP contribution in [0, 0.1) is 13.0 Å². The molecule has 0 spiro atoms. The highest BCUT2D eigenvalue weighted by Gasteiger charge is 2.33. The molecule has 40 heavy (non-hydrogen) atoms. The molecule has 2 heterocycles. The summed E-state index contributed by atoms with van der Waals surface area (Å²) in [6.07, 6.45) is 1.82. The minimum atomic E-state index is -0.785. The van der Waals surface area contributed by atoms with Crippen molar-refractivity contribution in [2.75, 3.05) is 6.61 Å². The first-order chi connectivity index (χ1) is 19.3. The summed E-state index contributed by atoms with van der Waals surface area (Å²) in [6.45, 7) is 4.07. The Bertz CT molecular complexity index is 1780. The SMILES string of the molecule is CCOC(=O)C1=C(C)N=c2s/c(=C\c3cc(I)c(OCc4ccccc4)c(I)c3)c(=O)n2[C@H]1c1ccc(F)cc1. The molecule has 10 heteroatoms. The third-order valence-electron chi connectivity index (χ3n) is 6.25. The highest BCUT2D eigenvalue weighted by Crippen LogP contribution is 2.32. The Kier molecular flexibility index (Phi) is 8.86. The van der Waals surface area contributed by atoms with Crippen LogP contribution in [0.4, 0.5) is 4.39 Å². The van der Waals surface area contributed by atoms with Gasteiger partial charge in [-0.25, -0.2) is 14.2 Å². The van der Waals surface area contributed by atoms with Crippen molar-refractivity contribution in [3.63, 3.8) is 0 Å². The Labute approximate surface area is 261 Å². The van der Waals surface area contributed by atoms with Crippen LogP contribution in [0.25, 0.3) is 6.08 Å². The molecule has 0 fully saturated rings. The number of benzene rings is 3. The van der Waals surface area contributed by atoms with Gasteiger partial charge in [-0.2, -0.15) is 0 Å². The normalized spacial score (nSPS) is 15.0. The summed E-state index contributed by atoms with van der Waals surface area (Å²) >= 11 is 5.72. The third kappa shape index (κ3) is 5.93. The number of hydrogen-bond acceptors (Lipinski definition) is 6. The second kappa shape index (κ2) is 12.4. The number of allylic oxidation sites excluding steroid dienone is 1. The molecule has 1 aromatic heterocycles. The fourth-order valence-electron chi connectivity index (χ4n) is 4.43. The van der Waals surface area contributed by atoms with Crippen LogP contribution in [0.5, 0.6) is 5.75 Å². The second-order valence-electron chi connectivity index (χ2n) is 8.94. The monoisotopic (exact) mass is 780 g/mol. The first-order valence-electron chi connectivity index (χ1n) is 12.4. The van der Waals surface area contributed by atoms with Crippen molar-refractivity contribution in [2.24, 2.45) is 4.99 Å². The molecule has 4 aromatic rings. The van der Waals surface area contributed by atoms with E-state index in [1.54, 1.807) is 26.0 Å².